The van der Waals surface area contributed by atoms with E-state index < -0.39 is 0 Å². The van der Waals surface area contributed by atoms with Crippen LogP contribution in [0.4, 0.5) is 34.1 Å². The van der Waals surface area contributed by atoms with Crippen molar-refractivity contribution < 1.29 is 0 Å². The molecule has 0 fully saturated rings. The molecule has 3 heteroatoms. The quantitative estimate of drug-likeness (QED) is 0.245. The SMILES string of the molecule is c1ccc(N(c2ccccc2)c2ccc3c(c2)[nH]c2cc(N(c4ccccc4)c4ccccc4)ccc23)cc1. The number of fused-ring (bicyclic) bond motifs is 3. The zero-order valence-corrected chi connectivity index (χ0v) is 21.4. The molecule has 186 valence electrons. The van der Waals surface area contributed by atoms with Crippen LogP contribution in [0, 0.1) is 0 Å². The summed E-state index contributed by atoms with van der Waals surface area (Å²) in [5.74, 6) is 0. The minimum atomic E-state index is 1.11. The molecule has 3 nitrogen and oxygen atoms in total. The summed E-state index contributed by atoms with van der Waals surface area (Å²) in [6.45, 7) is 0. The standard InChI is InChI=1S/C36H27N3/c1-5-13-27(14-6-1)38(28-15-7-2-8-16-28)31-21-23-33-34-24-22-32(26-36(34)37-35(33)25-31)39(29-17-9-3-10-18-29)30-19-11-4-12-20-30/h1-26,37H. The normalized spacial score (nSPS) is 11.1. The smallest absolute Gasteiger partial charge is 0.0485 e. The van der Waals surface area contributed by atoms with Crippen LogP contribution in [-0.2, 0) is 0 Å². The predicted octanol–water partition coefficient (Wildman–Crippen LogP) is 10.3. The highest BCUT2D eigenvalue weighted by Gasteiger charge is 2.16. The van der Waals surface area contributed by atoms with Crippen LogP contribution in [-0.4, -0.2) is 4.98 Å². The lowest BCUT2D eigenvalue weighted by Gasteiger charge is -2.25. The topological polar surface area (TPSA) is 22.3 Å². The van der Waals surface area contributed by atoms with Crippen molar-refractivity contribution in [1.82, 2.24) is 4.98 Å². The van der Waals surface area contributed by atoms with Crippen LogP contribution in [0.15, 0.2) is 158 Å². The zero-order valence-electron chi connectivity index (χ0n) is 21.4. The summed E-state index contributed by atoms with van der Waals surface area (Å²) >= 11 is 0. The van der Waals surface area contributed by atoms with Crippen molar-refractivity contribution in [2.24, 2.45) is 0 Å². The van der Waals surface area contributed by atoms with Gasteiger partial charge in [0.1, 0.15) is 0 Å². The van der Waals surface area contributed by atoms with Crippen molar-refractivity contribution in [3.63, 3.8) is 0 Å². The van der Waals surface area contributed by atoms with E-state index in [-0.39, 0.29) is 0 Å². The van der Waals surface area contributed by atoms with Gasteiger partial charge in [0.15, 0.2) is 0 Å². The van der Waals surface area contributed by atoms with Gasteiger partial charge in [-0.2, -0.15) is 0 Å². The van der Waals surface area contributed by atoms with Crippen molar-refractivity contribution in [3.8, 4) is 0 Å². The minimum absolute atomic E-state index is 1.11. The molecule has 39 heavy (non-hydrogen) atoms. The van der Waals surface area contributed by atoms with Gasteiger partial charge in [0.25, 0.3) is 0 Å². The van der Waals surface area contributed by atoms with Crippen LogP contribution < -0.4 is 9.80 Å². The lowest BCUT2D eigenvalue weighted by atomic mass is 10.1. The number of rotatable bonds is 6. The summed E-state index contributed by atoms with van der Waals surface area (Å²) in [7, 11) is 0. The number of aromatic amines is 1. The molecule has 0 aliphatic carbocycles. The summed E-state index contributed by atoms with van der Waals surface area (Å²) < 4.78 is 0. The number of anilines is 6. The Labute approximate surface area is 228 Å². The van der Waals surface area contributed by atoms with Crippen molar-refractivity contribution in [2.75, 3.05) is 9.80 Å². The molecule has 0 saturated carbocycles. The van der Waals surface area contributed by atoms with Crippen molar-refractivity contribution in [2.45, 2.75) is 0 Å². The highest BCUT2D eigenvalue weighted by Crippen LogP contribution is 2.39. The monoisotopic (exact) mass is 501 g/mol. The lowest BCUT2D eigenvalue weighted by molar-refractivity contribution is 1.28. The van der Waals surface area contributed by atoms with Crippen LogP contribution in [0.2, 0.25) is 0 Å². The first-order chi connectivity index (χ1) is 19.3. The Balaban J connectivity index is 1.35. The maximum Gasteiger partial charge on any atom is 0.0485 e. The summed E-state index contributed by atoms with van der Waals surface area (Å²) in [6.07, 6.45) is 0. The minimum Gasteiger partial charge on any atom is -0.354 e. The molecule has 7 rings (SSSR count). The van der Waals surface area contributed by atoms with Crippen LogP contribution in [0.1, 0.15) is 0 Å². The first-order valence-corrected chi connectivity index (χ1v) is 13.2. The second kappa shape index (κ2) is 9.88. The Morgan fingerprint density at radius 1 is 0.308 bits per heavy atom. The largest absolute Gasteiger partial charge is 0.354 e. The molecule has 0 spiro atoms. The molecule has 0 bridgehead atoms. The van der Waals surface area contributed by atoms with Gasteiger partial charge in [-0.25, -0.2) is 0 Å². The summed E-state index contributed by atoms with van der Waals surface area (Å²) in [5, 5.41) is 2.43. The molecule has 0 aliphatic rings. The molecule has 0 radical (unpaired) electrons. The van der Waals surface area contributed by atoms with Crippen LogP contribution in [0.3, 0.4) is 0 Å². The van der Waals surface area contributed by atoms with Gasteiger partial charge in [-0.1, -0.05) is 84.9 Å². The van der Waals surface area contributed by atoms with E-state index in [1.54, 1.807) is 0 Å². The molecule has 1 aromatic heterocycles. The molecule has 0 aliphatic heterocycles. The van der Waals surface area contributed by atoms with Crippen LogP contribution in [0.5, 0.6) is 0 Å². The third kappa shape index (κ3) is 4.30. The average Bonchev–Trinajstić information content (AvgIpc) is 3.37. The maximum atomic E-state index is 3.72. The van der Waals surface area contributed by atoms with Gasteiger partial charge in [0, 0.05) is 55.9 Å². The Morgan fingerprint density at radius 3 is 0.923 bits per heavy atom. The fraction of sp³-hybridized carbons (Fsp3) is 0. The molecular formula is C36H27N3. The molecule has 0 amide bonds. The third-order valence-electron chi connectivity index (χ3n) is 7.14. The van der Waals surface area contributed by atoms with Gasteiger partial charge in [0.2, 0.25) is 0 Å². The van der Waals surface area contributed by atoms with E-state index in [0.717, 1.165) is 45.2 Å². The summed E-state index contributed by atoms with van der Waals surface area (Å²) in [4.78, 5) is 8.31. The summed E-state index contributed by atoms with van der Waals surface area (Å²) in [6, 6.07) is 55.5. The first kappa shape index (κ1) is 22.9. The number of H-pyrrole nitrogens is 1. The molecule has 0 atom stereocenters. The number of nitrogens with zero attached hydrogens (tertiary/aromatic N) is 2. The number of hydrogen-bond donors (Lipinski definition) is 1. The molecule has 6 aromatic carbocycles. The van der Waals surface area contributed by atoms with Crippen molar-refractivity contribution >= 4 is 55.9 Å². The molecule has 1 heterocycles. The Morgan fingerprint density at radius 2 is 0.615 bits per heavy atom. The lowest BCUT2D eigenvalue weighted by Crippen LogP contribution is -2.09. The first-order valence-electron chi connectivity index (χ1n) is 13.2. The Kier molecular flexibility index (Phi) is 5.80. The van der Waals surface area contributed by atoms with Gasteiger partial charge in [-0.15, -0.1) is 0 Å². The van der Waals surface area contributed by atoms with Gasteiger partial charge in [0.05, 0.1) is 0 Å². The van der Waals surface area contributed by atoms with Crippen molar-refractivity contribution in [1.29, 1.82) is 0 Å². The van der Waals surface area contributed by atoms with Gasteiger partial charge in [-0.3, -0.25) is 0 Å². The molecule has 0 unspecified atom stereocenters. The highest BCUT2D eigenvalue weighted by molar-refractivity contribution is 6.09. The number of aromatic nitrogens is 1. The van der Waals surface area contributed by atoms with E-state index in [0.29, 0.717) is 0 Å². The molecular weight excluding hydrogens is 474 g/mol. The number of hydrogen-bond acceptors (Lipinski definition) is 2. The average molecular weight is 502 g/mol. The fourth-order valence-corrected chi connectivity index (χ4v) is 5.37. The fourth-order valence-electron chi connectivity index (χ4n) is 5.37. The van der Waals surface area contributed by atoms with Crippen LogP contribution >= 0.6 is 0 Å². The Bertz CT molecular complexity index is 1630. The Hall–Kier alpha value is -5.28. The second-order valence-electron chi connectivity index (χ2n) is 9.60. The van der Waals surface area contributed by atoms with E-state index in [1.807, 2.05) is 0 Å². The van der Waals surface area contributed by atoms with Gasteiger partial charge >= 0.3 is 0 Å². The van der Waals surface area contributed by atoms with E-state index in [9.17, 15) is 0 Å². The van der Waals surface area contributed by atoms with E-state index in [4.69, 9.17) is 0 Å². The van der Waals surface area contributed by atoms with E-state index in [2.05, 4.69) is 173 Å². The highest BCUT2D eigenvalue weighted by atomic mass is 15.1. The molecule has 1 N–H and O–H groups in total. The van der Waals surface area contributed by atoms with Crippen LogP contribution in [0.25, 0.3) is 21.8 Å². The number of para-hydroxylation sites is 4. The van der Waals surface area contributed by atoms with Crippen molar-refractivity contribution in [3.05, 3.63) is 158 Å². The molecule has 7 aromatic rings. The van der Waals surface area contributed by atoms with E-state index in [1.165, 1.54) is 10.8 Å². The number of nitrogens with one attached hydrogen (secondary N) is 1. The van der Waals surface area contributed by atoms with E-state index >= 15 is 0 Å². The zero-order chi connectivity index (χ0) is 26.0. The maximum absolute atomic E-state index is 3.72. The van der Waals surface area contributed by atoms with Gasteiger partial charge in [-0.05, 0) is 72.8 Å². The summed E-state index contributed by atoms with van der Waals surface area (Å²) in [5.41, 5.74) is 8.96. The number of benzene rings is 6. The predicted molar refractivity (Wildman–Crippen MR) is 165 cm³/mol. The molecule has 0 saturated heterocycles. The third-order valence-corrected chi connectivity index (χ3v) is 7.14. The second-order valence-corrected chi connectivity index (χ2v) is 9.60. The van der Waals surface area contributed by atoms with Gasteiger partial charge < -0.3 is 14.8 Å².